The van der Waals surface area contributed by atoms with E-state index in [1.54, 1.807) is 12.4 Å². The van der Waals surface area contributed by atoms with Gasteiger partial charge in [0, 0.05) is 61.2 Å². The molecule has 0 unspecified atom stereocenters. The minimum atomic E-state index is -0.332. The zero-order valence-corrected chi connectivity index (χ0v) is 17.9. The van der Waals surface area contributed by atoms with Gasteiger partial charge < -0.3 is 14.6 Å². The molecule has 0 atom stereocenters. The Morgan fingerprint density at radius 1 is 1.17 bits per heavy atom. The Labute approximate surface area is 176 Å². The first-order valence-corrected chi connectivity index (χ1v) is 10.5. The number of anilines is 1. The Bertz CT molecular complexity index is 1060. The van der Waals surface area contributed by atoms with E-state index in [9.17, 15) is 9.59 Å². The topological polar surface area (TPSA) is 75.4 Å². The van der Waals surface area contributed by atoms with Crippen LogP contribution < -0.4 is 15.8 Å². The molecule has 1 N–H and O–H groups in total. The van der Waals surface area contributed by atoms with Crippen molar-refractivity contribution >= 4 is 22.6 Å². The molecule has 2 heterocycles. The van der Waals surface area contributed by atoms with Gasteiger partial charge in [-0.2, -0.15) is 0 Å². The van der Waals surface area contributed by atoms with Crippen LogP contribution in [-0.4, -0.2) is 30.5 Å². The number of hydrogen-bond donors (Lipinski definition) is 1. The number of aromatic nitrogens is 1. The second kappa shape index (κ2) is 10.1. The monoisotopic (exact) mass is 407 g/mol. The number of aryl methyl sites for hydroxylation is 2. The molecule has 30 heavy (non-hydrogen) atoms. The maximum Gasteiger partial charge on any atom is 0.339 e. The van der Waals surface area contributed by atoms with Gasteiger partial charge in [-0.3, -0.25) is 9.78 Å². The van der Waals surface area contributed by atoms with Gasteiger partial charge in [-0.25, -0.2) is 4.79 Å². The highest BCUT2D eigenvalue weighted by molar-refractivity contribution is 5.84. The van der Waals surface area contributed by atoms with Gasteiger partial charge in [0.05, 0.1) is 0 Å². The van der Waals surface area contributed by atoms with Crippen molar-refractivity contribution < 1.29 is 9.21 Å². The normalized spacial score (nSPS) is 10.9. The summed E-state index contributed by atoms with van der Waals surface area (Å²) in [5, 5.41) is 3.83. The smallest absolute Gasteiger partial charge is 0.339 e. The summed E-state index contributed by atoms with van der Waals surface area (Å²) in [6.07, 6.45) is 4.96. The second-order valence-electron chi connectivity index (χ2n) is 7.31. The van der Waals surface area contributed by atoms with E-state index in [0.717, 1.165) is 35.3 Å². The van der Waals surface area contributed by atoms with Crippen LogP contribution in [-0.2, 0) is 17.6 Å². The molecule has 3 aromatic rings. The standard InChI is InChI=1S/C24H29N3O3/c1-4-27(5-2)19-9-10-20-17(3)21(24(29)30-22(20)15-19)12-14-26-23(28)11-8-18-7-6-13-25-16-18/h6-7,9-10,13,15-16H,4-5,8,11-12,14H2,1-3H3,(H,26,28). The number of fused-ring (bicyclic) bond motifs is 1. The van der Waals surface area contributed by atoms with Gasteiger partial charge in [0.25, 0.3) is 0 Å². The van der Waals surface area contributed by atoms with Crippen LogP contribution >= 0.6 is 0 Å². The molecule has 0 saturated carbocycles. The minimum absolute atomic E-state index is 0.0365. The fraction of sp³-hybridized carbons (Fsp3) is 0.375. The number of pyridine rings is 1. The molecule has 6 nitrogen and oxygen atoms in total. The molecule has 0 aliphatic rings. The highest BCUT2D eigenvalue weighted by Crippen LogP contribution is 2.25. The minimum Gasteiger partial charge on any atom is -0.422 e. The van der Waals surface area contributed by atoms with Crippen molar-refractivity contribution in [2.45, 2.75) is 40.0 Å². The van der Waals surface area contributed by atoms with Crippen molar-refractivity contribution in [2.75, 3.05) is 24.5 Å². The summed E-state index contributed by atoms with van der Waals surface area (Å²) in [6, 6.07) is 9.82. The summed E-state index contributed by atoms with van der Waals surface area (Å²) in [5.41, 5.74) is 3.88. The number of rotatable bonds is 9. The first-order chi connectivity index (χ1) is 14.5. The lowest BCUT2D eigenvalue weighted by molar-refractivity contribution is -0.121. The first kappa shape index (κ1) is 21.6. The van der Waals surface area contributed by atoms with Gasteiger partial charge in [0.15, 0.2) is 0 Å². The van der Waals surface area contributed by atoms with Crippen molar-refractivity contribution in [3.63, 3.8) is 0 Å². The Morgan fingerprint density at radius 3 is 2.67 bits per heavy atom. The van der Waals surface area contributed by atoms with Gasteiger partial charge in [-0.15, -0.1) is 0 Å². The van der Waals surface area contributed by atoms with Crippen molar-refractivity contribution in [1.82, 2.24) is 10.3 Å². The van der Waals surface area contributed by atoms with E-state index in [4.69, 9.17) is 4.42 Å². The number of nitrogens with zero attached hydrogens (tertiary/aromatic N) is 2. The lowest BCUT2D eigenvalue weighted by Crippen LogP contribution is -2.27. The SMILES string of the molecule is CCN(CC)c1ccc2c(C)c(CCNC(=O)CCc3cccnc3)c(=O)oc2c1. The Morgan fingerprint density at radius 2 is 1.97 bits per heavy atom. The molecule has 0 bridgehead atoms. The summed E-state index contributed by atoms with van der Waals surface area (Å²) >= 11 is 0. The van der Waals surface area contributed by atoms with Gasteiger partial charge in [-0.1, -0.05) is 6.07 Å². The quantitative estimate of drug-likeness (QED) is 0.548. The van der Waals surface area contributed by atoms with Crippen molar-refractivity contribution in [3.8, 4) is 0 Å². The molecule has 0 aliphatic carbocycles. The van der Waals surface area contributed by atoms with E-state index >= 15 is 0 Å². The van der Waals surface area contributed by atoms with Gasteiger partial charge >= 0.3 is 5.63 Å². The molecule has 0 fully saturated rings. The van der Waals surface area contributed by atoms with Gasteiger partial charge in [-0.05, 0) is 62.9 Å². The Hall–Kier alpha value is -3.15. The Kier molecular flexibility index (Phi) is 7.22. The largest absolute Gasteiger partial charge is 0.422 e. The van der Waals surface area contributed by atoms with Crippen molar-refractivity contribution in [2.24, 2.45) is 0 Å². The summed E-state index contributed by atoms with van der Waals surface area (Å²) in [7, 11) is 0. The average Bonchev–Trinajstić information content (AvgIpc) is 2.76. The molecule has 1 amide bonds. The van der Waals surface area contributed by atoms with Crippen LogP contribution in [0.15, 0.2) is 51.9 Å². The number of benzene rings is 1. The van der Waals surface area contributed by atoms with Gasteiger partial charge in [0.2, 0.25) is 5.91 Å². The van der Waals surface area contributed by atoms with Crippen LogP contribution in [0.25, 0.3) is 11.0 Å². The Balaban J connectivity index is 1.65. The van der Waals surface area contributed by atoms with Crippen LogP contribution in [0.1, 0.15) is 37.0 Å². The first-order valence-electron chi connectivity index (χ1n) is 10.5. The summed E-state index contributed by atoms with van der Waals surface area (Å²) in [6.45, 7) is 8.33. The molecular formula is C24H29N3O3. The lowest BCUT2D eigenvalue weighted by atomic mass is 10.0. The zero-order valence-electron chi connectivity index (χ0n) is 17.9. The third kappa shape index (κ3) is 5.06. The molecular weight excluding hydrogens is 378 g/mol. The molecule has 2 aromatic heterocycles. The summed E-state index contributed by atoms with van der Waals surface area (Å²) < 4.78 is 5.61. The molecule has 158 valence electrons. The lowest BCUT2D eigenvalue weighted by Gasteiger charge is -2.21. The highest BCUT2D eigenvalue weighted by atomic mass is 16.4. The van der Waals surface area contributed by atoms with Crippen molar-refractivity contribution in [3.05, 3.63) is 69.8 Å². The third-order valence-corrected chi connectivity index (χ3v) is 5.46. The zero-order chi connectivity index (χ0) is 21.5. The van der Waals surface area contributed by atoms with E-state index < -0.39 is 0 Å². The van der Waals surface area contributed by atoms with Crippen molar-refractivity contribution in [1.29, 1.82) is 0 Å². The number of carbonyl (C=O) groups is 1. The summed E-state index contributed by atoms with van der Waals surface area (Å²) in [5.74, 6) is -0.0365. The predicted octanol–water partition coefficient (Wildman–Crippen LogP) is 3.63. The molecule has 3 rings (SSSR count). The maximum absolute atomic E-state index is 12.6. The van der Waals surface area contributed by atoms with E-state index in [1.165, 1.54) is 0 Å². The van der Waals surface area contributed by atoms with Crippen LogP contribution in [0.4, 0.5) is 5.69 Å². The second-order valence-corrected chi connectivity index (χ2v) is 7.31. The highest BCUT2D eigenvalue weighted by Gasteiger charge is 2.13. The van der Waals surface area contributed by atoms with E-state index in [2.05, 4.69) is 35.1 Å². The fourth-order valence-electron chi connectivity index (χ4n) is 3.68. The number of nitrogens with one attached hydrogen (secondary N) is 1. The number of hydrogen-bond acceptors (Lipinski definition) is 5. The number of amides is 1. The van der Waals surface area contributed by atoms with E-state index in [1.807, 2.05) is 31.2 Å². The van der Waals surface area contributed by atoms with E-state index in [-0.39, 0.29) is 11.5 Å². The molecule has 6 heteroatoms. The fourth-order valence-corrected chi connectivity index (χ4v) is 3.68. The van der Waals surface area contributed by atoms with Crippen LogP contribution in [0.2, 0.25) is 0 Å². The molecule has 0 radical (unpaired) electrons. The van der Waals surface area contributed by atoms with Gasteiger partial charge in [0.1, 0.15) is 5.58 Å². The molecule has 0 spiro atoms. The van der Waals surface area contributed by atoms with Crippen LogP contribution in [0, 0.1) is 6.92 Å². The molecule has 0 saturated heterocycles. The van der Waals surface area contributed by atoms with E-state index in [0.29, 0.717) is 37.0 Å². The van der Waals surface area contributed by atoms with Crippen LogP contribution in [0.3, 0.4) is 0 Å². The predicted molar refractivity (Wildman–Crippen MR) is 120 cm³/mol. The maximum atomic E-state index is 12.6. The average molecular weight is 408 g/mol. The third-order valence-electron chi connectivity index (χ3n) is 5.46. The molecule has 1 aromatic carbocycles. The number of carbonyl (C=O) groups excluding carboxylic acids is 1. The molecule has 0 aliphatic heterocycles. The summed E-state index contributed by atoms with van der Waals surface area (Å²) in [4.78, 5) is 30.9. The van der Waals surface area contributed by atoms with Crippen LogP contribution in [0.5, 0.6) is 0 Å².